The van der Waals surface area contributed by atoms with Crippen molar-refractivity contribution < 1.29 is 14.2 Å². The molecule has 0 radical (unpaired) electrons. The van der Waals surface area contributed by atoms with Crippen LogP contribution in [0.2, 0.25) is 0 Å². The summed E-state index contributed by atoms with van der Waals surface area (Å²) < 4.78 is 22.6. The quantitative estimate of drug-likeness (QED) is 0.747. The Morgan fingerprint density at radius 2 is 1.63 bits per heavy atom. The van der Waals surface area contributed by atoms with E-state index in [4.69, 9.17) is 4.74 Å². The Kier molecular flexibility index (Phi) is 4.85. The fourth-order valence-corrected chi connectivity index (χ4v) is 7.83. The number of hydrogen-bond donors (Lipinski definition) is 2. The van der Waals surface area contributed by atoms with Crippen LogP contribution < -0.4 is 20.4 Å². The first-order valence-corrected chi connectivity index (χ1v) is 12.3. The van der Waals surface area contributed by atoms with Crippen molar-refractivity contribution in [1.29, 1.82) is 0 Å². The Labute approximate surface area is 178 Å². The second-order valence-corrected chi connectivity index (χ2v) is 11.5. The van der Waals surface area contributed by atoms with E-state index in [0.29, 0.717) is 0 Å². The summed E-state index contributed by atoms with van der Waals surface area (Å²) in [5.74, 6) is 0. The van der Waals surface area contributed by atoms with Gasteiger partial charge in [0.25, 0.3) is 7.29 Å². The van der Waals surface area contributed by atoms with Crippen molar-refractivity contribution in [1.82, 2.24) is 5.43 Å². The number of fused-ring (bicyclic) bond motifs is 1. The number of rotatable bonds is 3. The van der Waals surface area contributed by atoms with Gasteiger partial charge in [-0.05, 0) is 29.7 Å². The van der Waals surface area contributed by atoms with Crippen molar-refractivity contribution in [3.05, 3.63) is 83.4 Å². The van der Waals surface area contributed by atoms with Crippen molar-refractivity contribution in [2.45, 2.75) is 20.3 Å². The highest BCUT2D eigenvalue weighted by Gasteiger charge is 2.52. The zero-order valence-corrected chi connectivity index (χ0v) is 18.5. The molecule has 2 aromatic carbocycles. The summed E-state index contributed by atoms with van der Waals surface area (Å²) in [6.07, 6.45) is 3.17. The number of anilines is 1. The van der Waals surface area contributed by atoms with Gasteiger partial charge in [0.15, 0.2) is 0 Å². The lowest BCUT2D eigenvalue weighted by Gasteiger charge is -2.34. The number of nitrogens with one attached hydrogen (secondary N) is 2. The summed E-state index contributed by atoms with van der Waals surface area (Å²) >= 11 is 0. The number of hydrazine groups is 1. The Hall–Kier alpha value is -2.33. The van der Waals surface area contributed by atoms with Crippen molar-refractivity contribution >= 4 is 18.3 Å². The molecule has 30 heavy (non-hydrogen) atoms. The number of quaternary nitrogens is 1. The van der Waals surface area contributed by atoms with Crippen LogP contribution in [0.3, 0.4) is 0 Å². The van der Waals surface area contributed by atoms with E-state index < -0.39 is 7.29 Å². The van der Waals surface area contributed by atoms with Gasteiger partial charge in [0.1, 0.15) is 24.1 Å². The van der Waals surface area contributed by atoms with Crippen LogP contribution in [0.15, 0.2) is 83.4 Å². The molecule has 2 N–H and O–H groups in total. The van der Waals surface area contributed by atoms with Gasteiger partial charge in [0, 0.05) is 11.7 Å². The molecule has 2 heterocycles. The van der Waals surface area contributed by atoms with E-state index in [0.717, 1.165) is 54.7 Å². The summed E-state index contributed by atoms with van der Waals surface area (Å²) in [6.45, 7) is 7.85. The summed E-state index contributed by atoms with van der Waals surface area (Å²) in [6, 6.07) is 20.0. The lowest BCUT2D eigenvalue weighted by Crippen LogP contribution is -3.12. The van der Waals surface area contributed by atoms with Gasteiger partial charge in [0.05, 0.1) is 24.6 Å². The highest BCUT2D eigenvalue weighted by molar-refractivity contribution is 7.77. The van der Waals surface area contributed by atoms with Gasteiger partial charge in [-0.1, -0.05) is 56.3 Å². The van der Waals surface area contributed by atoms with E-state index in [1.54, 1.807) is 0 Å². The molecule has 0 amide bonds. The van der Waals surface area contributed by atoms with Gasteiger partial charge in [-0.3, -0.25) is 9.99 Å². The van der Waals surface area contributed by atoms with Crippen LogP contribution in [-0.2, 0) is 9.30 Å². The van der Waals surface area contributed by atoms with Gasteiger partial charge >= 0.3 is 0 Å². The number of para-hydroxylation sites is 1. The Bertz CT molecular complexity index is 1040. The summed E-state index contributed by atoms with van der Waals surface area (Å²) in [5.41, 5.74) is 6.74. The molecule has 0 saturated carbocycles. The van der Waals surface area contributed by atoms with E-state index in [1.165, 1.54) is 10.6 Å². The maximum atomic E-state index is 15.1. The lowest BCUT2D eigenvalue weighted by atomic mass is 9.82. The molecule has 5 nitrogen and oxygen atoms in total. The Balaban J connectivity index is 1.75. The van der Waals surface area contributed by atoms with E-state index in [2.05, 4.69) is 25.3 Å². The second kappa shape index (κ2) is 7.42. The molecule has 0 spiro atoms. The molecule has 1 aliphatic carbocycles. The van der Waals surface area contributed by atoms with Crippen LogP contribution in [0.5, 0.6) is 0 Å². The average Bonchev–Trinajstić information content (AvgIpc) is 3.07. The van der Waals surface area contributed by atoms with Crippen LogP contribution in [0.25, 0.3) is 0 Å². The first-order chi connectivity index (χ1) is 14.5. The molecular weight excluding hydrogens is 393 g/mol. The van der Waals surface area contributed by atoms with Crippen LogP contribution in [0.4, 0.5) is 5.69 Å². The normalized spacial score (nSPS) is 26.2. The summed E-state index contributed by atoms with van der Waals surface area (Å²) in [7, 11) is -3.09. The summed E-state index contributed by atoms with van der Waals surface area (Å²) in [5, 5.41) is 1.86. The smallest absolute Gasteiger partial charge is 0.255 e. The second-order valence-electron chi connectivity index (χ2n) is 8.94. The number of allylic oxidation sites excluding steroid dienone is 3. The van der Waals surface area contributed by atoms with Crippen molar-refractivity contribution in [3.8, 4) is 0 Å². The molecule has 3 aliphatic rings. The number of ether oxygens (including phenoxy) is 1. The maximum absolute atomic E-state index is 15.1. The molecule has 1 atom stereocenters. The zero-order chi connectivity index (χ0) is 20.8. The van der Waals surface area contributed by atoms with Gasteiger partial charge in [-0.25, -0.2) is 4.78 Å². The third-order valence-corrected chi connectivity index (χ3v) is 9.16. The third kappa shape index (κ3) is 3.22. The topological polar surface area (TPSA) is 46.0 Å². The molecular formula is C24H29N3O2P+. The zero-order valence-electron chi connectivity index (χ0n) is 17.6. The lowest BCUT2D eigenvalue weighted by molar-refractivity contribution is -0.871. The van der Waals surface area contributed by atoms with Gasteiger partial charge < -0.3 is 9.64 Å². The van der Waals surface area contributed by atoms with Crippen LogP contribution in [-0.4, -0.2) is 26.3 Å². The molecule has 2 fully saturated rings. The first-order valence-electron chi connectivity index (χ1n) is 10.7. The first kappa shape index (κ1) is 19.6. The van der Waals surface area contributed by atoms with E-state index >= 15 is 4.57 Å². The monoisotopic (exact) mass is 422 g/mol. The third-order valence-electron chi connectivity index (χ3n) is 6.15. The Morgan fingerprint density at radius 1 is 1.00 bits per heavy atom. The predicted molar refractivity (Wildman–Crippen MR) is 121 cm³/mol. The van der Waals surface area contributed by atoms with Gasteiger partial charge in [-0.15, -0.1) is 0 Å². The number of nitrogens with zero attached hydrogens (tertiary/aromatic N) is 1. The van der Waals surface area contributed by atoms with Crippen LogP contribution in [0, 0.1) is 5.41 Å². The molecule has 0 unspecified atom stereocenters. The number of hydrogen-bond acceptors (Lipinski definition) is 3. The minimum absolute atomic E-state index is 0.000681. The molecule has 156 valence electrons. The highest BCUT2D eigenvalue weighted by atomic mass is 31.2. The highest BCUT2D eigenvalue weighted by Crippen LogP contribution is 2.65. The van der Waals surface area contributed by atoms with Crippen LogP contribution >= 0.6 is 7.29 Å². The molecule has 2 saturated heterocycles. The molecule has 2 aromatic rings. The van der Waals surface area contributed by atoms with E-state index in [1.807, 2.05) is 65.4 Å². The van der Waals surface area contributed by atoms with Crippen molar-refractivity contribution in [2.24, 2.45) is 5.41 Å². The largest absolute Gasteiger partial charge is 0.370 e. The van der Waals surface area contributed by atoms with Crippen LogP contribution in [0.1, 0.15) is 20.3 Å². The van der Waals surface area contributed by atoms with E-state index in [-0.39, 0.29) is 5.41 Å². The minimum Gasteiger partial charge on any atom is -0.370 e. The van der Waals surface area contributed by atoms with E-state index in [9.17, 15) is 0 Å². The fourth-order valence-electron chi connectivity index (χ4n) is 4.81. The molecule has 2 aliphatic heterocycles. The number of morpholine rings is 1. The summed E-state index contributed by atoms with van der Waals surface area (Å²) in [4.78, 5) is 1.41. The number of benzene rings is 2. The maximum Gasteiger partial charge on any atom is 0.255 e. The predicted octanol–water partition coefficient (Wildman–Crippen LogP) is 3.06. The van der Waals surface area contributed by atoms with Gasteiger partial charge in [0.2, 0.25) is 0 Å². The molecule has 6 heteroatoms. The van der Waals surface area contributed by atoms with Crippen molar-refractivity contribution in [2.75, 3.05) is 31.1 Å². The van der Waals surface area contributed by atoms with Gasteiger partial charge in [-0.2, -0.15) is 0 Å². The molecule has 0 bridgehead atoms. The van der Waals surface area contributed by atoms with Crippen molar-refractivity contribution in [3.63, 3.8) is 0 Å². The molecule has 5 rings (SSSR count). The fraction of sp³-hybridized carbons (Fsp3) is 0.333. The Morgan fingerprint density at radius 3 is 2.30 bits per heavy atom. The minimum atomic E-state index is -3.09. The SMILES string of the molecule is CC1(C)C=C2NN(c3ccccc3)[P@](=O)(c3ccccc3)C2=C([NH+]2CCOCC2)C1. The standard InChI is InChI=1S/C24H28N3O2P/c1-24(2)17-21-23(22(18-24)26-13-15-29-16-14-26)30(28,20-11-7-4-8-12-20)27(25-21)19-9-5-3-6-10-19/h3-12,17,25H,13-16,18H2,1-2H3/p+1/t30-/m0/s1. The molecule has 0 aromatic heterocycles. The average molecular weight is 422 g/mol.